The molecular formula is C32H40O9. The third-order valence-electron chi connectivity index (χ3n) is 7.67. The van der Waals surface area contributed by atoms with Crippen LogP contribution in [0.4, 0.5) is 0 Å². The van der Waals surface area contributed by atoms with Gasteiger partial charge in [0.1, 0.15) is 17.3 Å². The van der Waals surface area contributed by atoms with E-state index >= 15 is 0 Å². The Balaban J connectivity index is 0.00000308. The summed E-state index contributed by atoms with van der Waals surface area (Å²) >= 11 is 0. The molecule has 4 rings (SSSR count). The molecule has 0 fully saturated rings. The summed E-state index contributed by atoms with van der Waals surface area (Å²) in [4.78, 5) is 50.1. The van der Waals surface area contributed by atoms with Gasteiger partial charge in [-0.15, -0.1) is 0 Å². The first-order valence-corrected chi connectivity index (χ1v) is 13.5. The Kier molecular flexibility index (Phi) is 10.9. The van der Waals surface area contributed by atoms with Crippen LogP contribution in [0.25, 0.3) is 11.1 Å². The Morgan fingerprint density at radius 2 is 1.85 bits per heavy atom. The van der Waals surface area contributed by atoms with Gasteiger partial charge in [-0.1, -0.05) is 30.3 Å². The first-order chi connectivity index (χ1) is 19.2. The lowest BCUT2D eigenvalue weighted by Crippen LogP contribution is -2.32. The smallest absolute Gasteiger partial charge is 0.202 e. The van der Waals surface area contributed by atoms with Crippen LogP contribution in [0.1, 0.15) is 67.5 Å². The second-order valence-corrected chi connectivity index (χ2v) is 10.6. The number of ketones is 4. The van der Waals surface area contributed by atoms with Crippen molar-refractivity contribution < 1.29 is 47.2 Å². The molecule has 3 aromatic rings. The number of rotatable bonds is 13. The second kappa shape index (κ2) is 14.1. The van der Waals surface area contributed by atoms with Gasteiger partial charge in [0.25, 0.3) is 0 Å². The van der Waals surface area contributed by atoms with E-state index < -0.39 is 18.4 Å². The number of carbonyl (C=O) groups is 4. The van der Waals surface area contributed by atoms with Gasteiger partial charge in [0.2, 0.25) is 5.78 Å². The fourth-order valence-electron chi connectivity index (χ4n) is 5.85. The number of benzene rings is 2. The van der Waals surface area contributed by atoms with E-state index in [2.05, 4.69) is 0 Å². The van der Waals surface area contributed by atoms with Crippen molar-refractivity contribution in [2.24, 2.45) is 17.8 Å². The molecule has 1 aliphatic rings. The van der Waals surface area contributed by atoms with Gasteiger partial charge in [-0.25, -0.2) is 0 Å². The third-order valence-corrected chi connectivity index (χ3v) is 7.67. The zero-order chi connectivity index (χ0) is 28.8. The molecule has 1 aromatic heterocycles. The van der Waals surface area contributed by atoms with Crippen LogP contribution < -0.4 is 0 Å². The molecule has 0 bridgehead atoms. The molecule has 9 nitrogen and oxygen atoms in total. The summed E-state index contributed by atoms with van der Waals surface area (Å²) in [7, 11) is 0. The summed E-state index contributed by atoms with van der Waals surface area (Å²) in [5.41, 5.74) is 3.30. The summed E-state index contributed by atoms with van der Waals surface area (Å²) in [5, 5.41) is 30.2. The minimum absolute atomic E-state index is 0. The molecule has 9 heteroatoms. The topological polar surface area (TPSA) is 174 Å². The highest BCUT2D eigenvalue weighted by atomic mass is 16.3. The van der Waals surface area contributed by atoms with E-state index in [1.807, 2.05) is 24.3 Å². The lowest BCUT2D eigenvalue weighted by molar-refractivity contribution is -0.131. The number of fused-ring (bicyclic) bond motifs is 1. The highest BCUT2D eigenvalue weighted by Crippen LogP contribution is 2.41. The van der Waals surface area contributed by atoms with Gasteiger partial charge < -0.3 is 25.2 Å². The van der Waals surface area contributed by atoms with E-state index in [1.54, 1.807) is 18.2 Å². The van der Waals surface area contributed by atoms with Gasteiger partial charge in [-0.3, -0.25) is 19.2 Å². The summed E-state index contributed by atoms with van der Waals surface area (Å²) in [5.74, 6) is -2.25. The summed E-state index contributed by atoms with van der Waals surface area (Å²) < 4.78 is 5.22. The molecule has 2 aromatic carbocycles. The number of aromatic hydroxyl groups is 1. The number of carbonyl (C=O) groups excluding carboxylic acids is 4. The van der Waals surface area contributed by atoms with Gasteiger partial charge in [0.05, 0.1) is 24.9 Å². The molecule has 0 saturated carbocycles. The maximum Gasteiger partial charge on any atom is 0.202 e. The van der Waals surface area contributed by atoms with E-state index in [0.717, 1.165) is 16.7 Å². The van der Waals surface area contributed by atoms with Gasteiger partial charge >= 0.3 is 0 Å². The predicted molar refractivity (Wildman–Crippen MR) is 155 cm³/mol. The van der Waals surface area contributed by atoms with Crippen molar-refractivity contribution >= 4 is 23.1 Å². The van der Waals surface area contributed by atoms with Gasteiger partial charge in [-0.05, 0) is 78.5 Å². The average molecular weight is 569 g/mol. The van der Waals surface area contributed by atoms with Crippen molar-refractivity contribution in [3.63, 3.8) is 0 Å². The normalized spacial score (nSPS) is 15.9. The van der Waals surface area contributed by atoms with Crippen molar-refractivity contribution in [3.8, 4) is 16.9 Å². The molecule has 41 heavy (non-hydrogen) atoms. The van der Waals surface area contributed by atoms with Crippen LogP contribution >= 0.6 is 0 Å². The van der Waals surface area contributed by atoms with Crippen LogP contribution in [0, 0.1) is 17.8 Å². The van der Waals surface area contributed by atoms with Gasteiger partial charge in [0, 0.05) is 28.2 Å². The van der Waals surface area contributed by atoms with E-state index in [1.165, 1.54) is 19.3 Å². The Morgan fingerprint density at radius 3 is 2.51 bits per heavy atom. The number of hydrogen-bond acceptors (Lipinski definition) is 8. The maximum atomic E-state index is 13.3. The number of aliphatic hydroxyl groups excluding tert-OH is 2. The van der Waals surface area contributed by atoms with Crippen molar-refractivity contribution in [2.75, 3.05) is 13.2 Å². The maximum absolute atomic E-state index is 13.3. The standard InChI is InChI=1S/C32H34O8.H2O.2H2/c1-19(35)12-28(37)26(18-34)23(9-10-33)14-21-15-25-24(7-8-27(36)32(25)30(39)17-21)22-5-2-4-20(13-22)16-29(38)31-6-3-11-40-31;;;/h2-8,11,13,21,23,26,33-34,36H,9-10,12,14-18H2,1H3;1H2;2*1H. The summed E-state index contributed by atoms with van der Waals surface area (Å²) in [6.45, 7) is 0.685. The number of phenolic OH excluding ortho intramolecular Hbond substituents is 1. The van der Waals surface area contributed by atoms with Crippen LogP contribution in [-0.4, -0.2) is 57.1 Å². The van der Waals surface area contributed by atoms with Crippen LogP contribution in [0.3, 0.4) is 0 Å². The van der Waals surface area contributed by atoms with Gasteiger partial charge in [-0.2, -0.15) is 0 Å². The van der Waals surface area contributed by atoms with Crippen molar-refractivity contribution in [2.45, 2.75) is 45.4 Å². The fourth-order valence-corrected chi connectivity index (χ4v) is 5.85. The molecule has 5 N–H and O–H groups in total. The van der Waals surface area contributed by atoms with E-state index in [-0.39, 0.29) is 86.7 Å². The molecule has 1 heterocycles. The molecule has 222 valence electrons. The van der Waals surface area contributed by atoms with E-state index in [9.17, 15) is 34.5 Å². The predicted octanol–water partition coefficient (Wildman–Crippen LogP) is 4.04. The third kappa shape index (κ3) is 7.43. The zero-order valence-electron chi connectivity index (χ0n) is 23.0. The van der Waals surface area contributed by atoms with Crippen LogP contribution in [0.5, 0.6) is 5.75 Å². The highest BCUT2D eigenvalue weighted by molar-refractivity contribution is 6.03. The summed E-state index contributed by atoms with van der Waals surface area (Å²) in [6, 6.07) is 14.0. The molecule has 3 atom stereocenters. The largest absolute Gasteiger partial charge is 0.507 e. The lowest BCUT2D eigenvalue weighted by Gasteiger charge is -2.31. The molecule has 0 spiro atoms. The quantitative estimate of drug-likeness (QED) is 0.205. The van der Waals surface area contributed by atoms with E-state index in [4.69, 9.17) is 4.42 Å². The number of Topliss-reactive ketones (excluding diaryl/α,β-unsaturated/α-hetero) is 4. The van der Waals surface area contributed by atoms with Crippen molar-refractivity contribution in [3.05, 3.63) is 77.2 Å². The van der Waals surface area contributed by atoms with Gasteiger partial charge in [0.15, 0.2) is 11.5 Å². The SMILES string of the molecule is CC(=O)CC(=O)C(CO)C(CCO)CC1CC(=O)c2c(O)ccc(-c3cccc(CC(=O)c4ccco4)c3)c2C1.O.[HH].[HH]. The Hall–Kier alpha value is -3.92. The zero-order valence-corrected chi connectivity index (χ0v) is 23.0. The second-order valence-electron chi connectivity index (χ2n) is 10.6. The molecule has 0 amide bonds. The molecule has 1 aliphatic carbocycles. The van der Waals surface area contributed by atoms with Crippen LogP contribution in [0.15, 0.2) is 59.2 Å². The summed E-state index contributed by atoms with van der Waals surface area (Å²) in [6.07, 6.45) is 2.56. The first-order valence-electron chi connectivity index (χ1n) is 13.5. The molecule has 0 aliphatic heterocycles. The minimum atomic E-state index is -0.806. The molecule has 0 saturated heterocycles. The Morgan fingerprint density at radius 1 is 1.07 bits per heavy atom. The monoisotopic (exact) mass is 568 g/mol. The highest BCUT2D eigenvalue weighted by Gasteiger charge is 2.35. The fraction of sp³-hybridized carbons (Fsp3) is 0.375. The van der Waals surface area contributed by atoms with Crippen molar-refractivity contribution in [1.29, 1.82) is 0 Å². The Labute approximate surface area is 241 Å². The Bertz CT molecular complexity index is 1400. The van der Waals surface area contributed by atoms with Crippen molar-refractivity contribution in [1.82, 2.24) is 0 Å². The first kappa shape index (κ1) is 31.6. The lowest BCUT2D eigenvalue weighted by atomic mass is 9.72. The number of furan rings is 1. The number of aliphatic hydroxyl groups is 2. The minimum Gasteiger partial charge on any atom is -0.507 e. The molecule has 0 radical (unpaired) electrons. The number of hydrogen-bond donors (Lipinski definition) is 3. The molecular weight excluding hydrogens is 528 g/mol. The van der Waals surface area contributed by atoms with E-state index in [0.29, 0.717) is 18.4 Å². The molecule has 3 unspecified atom stereocenters. The number of phenols is 1. The average Bonchev–Trinajstić information content (AvgIpc) is 3.44. The van der Waals surface area contributed by atoms with Crippen LogP contribution in [0.2, 0.25) is 0 Å². The van der Waals surface area contributed by atoms with Crippen LogP contribution in [-0.2, 0) is 22.4 Å².